The minimum absolute atomic E-state index is 0.00847. The molecule has 0 unspecified atom stereocenters. The Morgan fingerprint density at radius 1 is 1.11 bits per heavy atom. The molecule has 0 N–H and O–H groups in total. The van der Waals surface area contributed by atoms with Crippen LogP contribution in [0.3, 0.4) is 0 Å². The van der Waals surface area contributed by atoms with Gasteiger partial charge in [0, 0.05) is 0 Å². The van der Waals surface area contributed by atoms with Crippen LogP contribution in [0.5, 0.6) is 0 Å². The molecule has 0 heterocycles. The molecule has 0 spiro atoms. The van der Waals surface area contributed by atoms with E-state index in [1.807, 2.05) is 0 Å². The average molecular weight is 288 g/mol. The molecule has 98 valence electrons. The first-order valence-electron chi connectivity index (χ1n) is 4.78. The smallest absolute Gasteiger partial charge is 0.206 e. The van der Waals surface area contributed by atoms with Gasteiger partial charge >= 0.3 is 0 Å². The Kier molecular flexibility index (Phi) is 3.69. The van der Waals surface area contributed by atoms with Gasteiger partial charge in [-0.2, -0.15) is 8.97 Å². The van der Waals surface area contributed by atoms with Crippen LogP contribution in [0.4, 0.5) is 5.69 Å². The van der Waals surface area contributed by atoms with Crippen molar-refractivity contribution in [1.29, 1.82) is 5.26 Å². The van der Waals surface area contributed by atoms with Gasteiger partial charge in [0.15, 0.2) is 0 Å². The first-order chi connectivity index (χ1) is 8.07. The molecule has 0 aliphatic carbocycles. The molecule has 0 atom stereocenters. The van der Waals surface area contributed by atoms with Crippen LogP contribution in [0.1, 0.15) is 11.1 Å². The molecule has 8 heteroatoms. The number of benzene rings is 1. The first kappa shape index (κ1) is 14.5. The summed E-state index contributed by atoms with van der Waals surface area (Å²) in [4.78, 5) is 0. The van der Waals surface area contributed by atoms with Gasteiger partial charge < -0.3 is 0 Å². The highest BCUT2D eigenvalue weighted by molar-refractivity contribution is 8.09. The van der Waals surface area contributed by atoms with Gasteiger partial charge in [0.05, 0.1) is 23.8 Å². The summed E-state index contributed by atoms with van der Waals surface area (Å²) in [6, 6.07) is 6.06. The monoisotopic (exact) mass is 288 g/mol. The lowest BCUT2D eigenvalue weighted by atomic mass is 10.1. The van der Waals surface area contributed by atoms with Crippen molar-refractivity contribution >= 4 is 25.7 Å². The Morgan fingerprint density at radius 3 is 2.00 bits per heavy atom. The second-order valence-electron chi connectivity index (χ2n) is 3.86. The number of aryl methyl sites for hydroxylation is 1. The topological polar surface area (TPSA) is 95.3 Å². The van der Waals surface area contributed by atoms with Crippen LogP contribution in [0.15, 0.2) is 18.2 Å². The van der Waals surface area contributed by atoms with E-state index in [0.29, 0.717) is 0 Å². The molecule has 0 aliphatic heterocycles. The van der Waals surface area contributed by atoms with Crippen molar-refractivity contribution in [2.45, 2.75) is 6.92 Å². The molecule has 0 aromatic heterocycles. The van der Waals surface area contributed by atoms with E-state index < -0.39 is 20.0 Å². The SMILES string of the molecule is Cc1ccc(N(S(C)(=O)=O)S(C)(=O)=O)c(C#N)c1. The van der Waals surface area contributed by atoms with E-state index in [0.717, 1.165) is 18.1 Å². The molecule has 0 saturated carbocycles. The number of nitrogens with zero attached hydrogens (tertiary/aromatic N) is 2. The van der Waals surface area contributed by atoms with Gasteiger partial charge in [-0.05, 0) is 24.6 Å². The van der Waals surface area contributed by atoms with E-state index in [4.69, 9.17) is 5.26 Å². The van der Waals surface area contributed by atoms with Crippen molar-refractivity contribution in [3.05, 3.63) is 29.3 Å². The third kappa shape index (κ3) is 3.00. The van der Waals surface area contributed by atoms with Crippen molar-refractivity contribution in [1.82, 2.24) is 0 Å². The van der Waals surface area contributed by atoms with E-state index in [1.54, 1.807) is 19.1 Å². The van der Waals surface area contributed by atoms with Gasteiger partial charge in [-0.25, -0.2) is 16.8 Å². The van der Waals surface area contributed by atoms with Crippen LogP contribution in [-0.2, 0) is 20.0 Å². The molecule has 18 heavy (non-hydrogen) atoms. The maximum absolute atomic E-state index is 11.6. The lowest BCUT2D eigenvalue weighted by Crippen LogP contribution is -2.35. The Morgan fingerprint density at radius 2 is 1.61 bits per heavy atom. The summed E-state index contributed by atoms with van der Waals surface area (Å²) in [6.07, 6.45) is 1.55. The second kappa shape index (κ2) is 4.59. The number of rotatable bonds is 3. The molecule has 0 amide bonds. The molecule has 1 aromatic rings. The summed E-state index contributed by atoms with van der Waals surface area (Å²) >= 11 is 0. The number of hydrogen-bond donors (Lipinski definition) is 0. The highest BCUT2D eigenvalue weighted by atomic mass is 32.3. The van der Waals surface area contributed by atoms with Crippen molar-refractivity contribution in [2.75, 3.05) is 16.2 Å². The third-order valence-electron chi connectivity index (χ3n) is 2.07. The maximum atomic E-state index is 11.6. The highest BCUT2D eigenvalue weighted by Gasteiger charge is 2.29. The quantitative estimate of drug-likeness (QED) is 0.811. The molecular formula is C10H12N2O4S2. The molecule has 0 saturated heterocycles. The predicted octanol–water partition coefficient (Wildman–Crippen LogP) is 0.592. The molecule has 6 nitrogen and oxygen atoms in total. The molecule has 0 bridgehead atoms. The molecule has 0 fully saturated rings. The molecule has 1 aromatic carbocycles. The van der Waals surface area contributed by atoms with Gasteiger partial charge in [0.25, 0.3) is 0 Å². The fraction of sp³-hybridized carbons (Fsp3) is 0.300. The third-order valence-corrected chi connectivity index (χ3v) is 5.29. The lowest BCUT2D eigenvalue weighted by Gasteiger charge is -2.20. The van der Waals surface area contributed by atoms with E-state index in [9.17, 15) is 16.8 Å². The van der Waals surface area contributed by atoms with Crippen LogP contribution >= 0.6 is 0 Å². The standard InChI is InChI=1S/C10H12N2O4S2/c1-8-4-5-10(9(6-8)7-11)12(17(2,13)14)18(3,15)16/h4-6H,1-3H3. The zero-order valence-electron chi connectivity index (χ0n) is 10.1. The summed E-state index contributed by atoms with van der Waals surface area (Å²) in [5.74, 6) is 0. The van der Waals surface area contributed by atoms with E-state index in [-0.39, 0.29) is 15.0 Å². The largest absolute Gasteiger partial charge is 0.245 e. The van der Waals surface area contributed by atoms with Crippen LogP contribution in [0, 0.1) is 18.3 Å². The van der Waals surface area contributed by atoms with Crippen molar-refractivity contribution < 1.29 is 16.8 Å². The second-order valence-corrected chi connectivity index (χ2v) is 7.75. The van der Waals surface area contributed by atoms with Gasteiger partial charge in [0.2, 0.25) is 20.0 Å². The van der Waals surface area contributed by atoms with Crippen LogP contribution in [0.2, 0.25) is 0 Å². The zero-order chi connectivity index (χ0) is 14.1. The van der Waals surface area contributed by atoms with E-state index in [1.165, 1.54) is 12.1 Å². The number of sulfonamides is 2. The lowest BCUT2D eigenvalue weighted by molar-refractivity contribution is 0.590. The van der Waals surface area contributed by atoms with Crippen LogP contribution in [0.25, 0.3) is 0 Å². The summed E-state index contributed by atoms with van der Waals surface area (Å²) in [5.41, 5.74) is 0.566. The van der Waals surface area contributed by atoms with E-state index >= 15 is 0 Å². The molecule has 1 rings (SSSR count). The fourth-order valence-electron chi connectivity index (χ4n) is 1.50. The van der Waals surface area contributed by atoms with Gasteiger partial charge in [-0.15, -0.1) is 0 Å². The number of anilines is 1. The average Bonchev–Trinajstić information content (AvgIpc) is 2.16. The summed E-state index contributed by atoms with van der Waals surface area (Å²) < 4.78 is 46.5. The Hall–Kier alpha value is -1.59. The minimum atomic E-state index is -4.03. The summed E-state index contributed by atoms with van der Waals surface area (Å²) in [6.45, 7) is 1.72. The Balaban J connectivity index is 3.67. The minimum Gasteiger partial charge on any atom is -0.206 e. The van der Waals surface area contributed by atoms with Crippen LogP contribution in [-0.4, -0.2) is 29.3 Å². The van der Waals surface area contributed by atoms with E-state index in [2.05, 4.69) is 0 Å². The van der Waals surface area contributed by atoms with Crippen LogP contribution < -0.4 is 3.71 Å². The molecular weight excluding hydrogens is 276 g/mol. The van der Waals surface area contributed by atoms with Gasteiger partial charge in [-0.3, -0.25) is 0 Å². The molecule has 0 radical (unpaired) electrons. The summed E-state index contributed by atoms with van der Waals surface area (Å²) in [7, 11) is -8.05. The van der Waals surface area contributed by atoms with Crippen molar-refractivity contribution in [3.8, 4) is 6.07 Å². The Bertz CT molecular complexity index is 683. The maximum Gasteiger partial charge on any atom is 0.245 e. The number of nitriles is 1. The highest BCUT2D eigenvalue weighted by Crippen LogP contribution is 2.25. The van der Waals surface area contributed by atoms with Gasteiger partial charge in [0.1, 0.15) is 6.07 Å². The Labute approximate surface area is 107 Å². The predicted molar refractivity (Wildman–Crippen MR) is 68.1 cm³/mol. The fourth-order valence-corrected chi connectivity index (χ4v) is 4.50. The van der Waals surface area contributed by atoms with Crippen molar-refractivity contribution in [3.63, 3.8) is 0 Å². The first-order valence-corrected chi connectivity index (χ1v) is 8.48. The normalized spacial score (nSPS) is 11.9. The zero-order valence-corrected chi connectivity index (χ0v) is 11.7. The summed E-state index contributed by atoms with van der Waals surface area (Å²) in [5, 5.41) is 8.96. The van der Waals surface area contributed by atoms with Crippen molar-refractivity contribution in [2.24, 2.45) is 0 Å². The molecule has 0 aliphatic rings. The van der Waals surface area contributed by atoms with Gasteiger partial charge in [-0.1, -0.05) is 6.07 Å². The number of hydrogen-bond acceptors (Lipinski definition) is 5.